The lowest BCUT2D eigenvalue weighted by Crippen LogP contribution is -2.11. The van der Waals surface area contributed by atoms with Crippen molar-refractivity contribution in [3.63, 3.8) is 0 Å². The Morgan fingerprint density at radius 2 is 1.85 bits per heavy atom. The number of carbonyl (C=O) groups excluding carboxylic acids is 1. The van der Waals surface area contributed by atoms with Gasteiger partial charge in [0.15, 0.2) is 6.61 Å². The number of ketones is 1. The first kappa shape index (κ1) is 16.4. The van der Waals surface area contributed by atoms with E-state index in [1.165, 1.54) is 12.1 Å². The van der Waals surface area contributed by atoms with Gasteiger partial charge < -0.3 is 4.74 Å². The van der Waals surface area contributed by atoms with Gasteiger partial charge in [0.1, 0.15) is 10.1 Å². The van der Waals surface area contributed by atoms with Crippen LogP contribution in [0.3, 0.4) is 0 Å². The Morgan fingerprint density at radius 3 is 2.45 bits per heavy atom. The fraction of sp³-hybridized carbons (Fsp3) is 0.0833. The molecule has 0 fully saturated rings. The van der Waals surface area contributed by atoms with Gasteiger partial charge in [-0.15, -0.1) is 11.3 Å². The zero-order chi connectivity index (χ0) is 14.9. The molecule has 1 aromatic heterocycles. The van der Waals surface area contributed by atoms with Crippen LogP contribution in [0, 0.1) is 0 Å². The fourth-order valence-electron chi connectivity index (χ4n) is 1.37. The number of carbonyl (C=O) groups is 1. The maximum Gasteiger partial charge on any atom is 0.202 e. The molecular formula is C12H5BrCl4O2S. The monoisotopic (exact) mass is 432 g/mol. The molecule has 0 amide bonds. The summed E-state index contributed by atoms with van der Waals surface area (Å²) in [5, 5.41) is 0.789. The van der Waals surface area contributed by atoms with Crippen LogP contribution < -0.4 is 4.74 Å². The normalized spacial score (nSPS) is 10.7. The van der Waals surface area contributed by atoms with Crippen molar-refractivity contribution < 1.29 is 9.53 Å². The summed E-state index contributed by atoms with van der Waals surface area (Å²) in [6.45, 7) is -0.204. The molecule has 2 nitrogen and oxygen atoms in total. The van der Waals surface area contributed by atoms with Gasteiger partial charge in [0.2, 0.25) is 5.78 Å². The maximum atomic E-state index is 12.0. The number of Topliss-reactive ketones (excluding diaryl/α,β-unsaturated/α-hetero) is 1. The molecule has 8 heteroatoms. The summed E-state index contributed by atoms with van der Waals surface area (Å²) in [6, 6.07) is 4.64. The van der Waals surface area contributed by atoms with Gasteiger partial charge >= 0.3 is 0 Å². The fourth-order valence-corrected chi connectivity index (χ4v) is 3.71. The SMILES string of the molecule is O=C(COc1cc(Cl)c(Br)cc1Cl)c1cc(Cl)sc1Cl. The minimum atomic E-state index is -0.284. The third-order valence-electron chi connectivity index (χ3n) is 2.29. The second-order valence-electron chi connectivity index (χ2n) is 3.65. The second-order valence-corrected chi connectivity index (χ2v) is 7.60. The maximum absolute atomic E-state index is 12.0. The highest BCUT2D eigenvalue weighted by Gasteiger charge is 2.16. The van der Waals surface area contributed by atoms with Crippen molar-refractivity contribution in [3.05, 3.63) is 47.0 Å². The van der Waals surface area contributed by atoms with Crippen molar-refractivity contribution in [3.8, 4) is 5.75 Å². The van der Waals surface area contributed by atoms with Gasteiger partial charge in [0, 0.05) is 10.5 Å². The number of rotatable bonds is 4. The average molecular weight is 435 g/mol. The molecule has 2 rings (SSSR count). The Morgan fingerprint density at radius 1 is 1.15 bits per heavy atom. The van der Waals surface area contributed by atoms with Gasteiger partial charge in [-0.2, -0.15) is 0 Å². The first-order valence-electron chi connectivity index (χ1n) is 5.14. The third kappa shape index (κ3) is 3.81. The van der Waals surface area contributed by atoms with Crippen LogP contribution in [-0.4, -0.2) is 12.4 Å². The van der Waals surface area contributed by atoms with Crippen LogP contribution >= 0.6 is 73.7 Å². The Hall–Kier alpha value is 0.0300. The molecule has 2 aromatic rings. The van der Waals surface area contributed by atoms with Gasteiger partial charge in [0.25, 0.3) is 0 Å². The van der Waals surface area contributed by atoms with Gasteiger partial charge in [-0.25, -0.2) is 0 Å². The van der Waals surface area contributed by atoms with E-state index in [0.29, 0.717) is 34.5 Å². The molecule has 0 saturated carbocycles. The molecule has 0 aliphatic rings. The molecule has 0 unspecified atom stereocenters. The van der Waals surface area contributed by atoms with E-state index in [-0.39, 0.29) is 12.4 Å². The van der Waals surface area contributed by atoms with E-state index < -0.39 is 0 Å². The molecule has 0 saturated heterocycles. The summed E-state index contributed by atoms with van der Waals surface area (Å²) >= 11 is 28.0. The molecule has 1 aromatic carbocycles. The van der Waals surface area contributed by atoms with Crippen LogP contribution in [0.15, 0.2) is 22.7 Å². The lowest BCUT2D eigenvalue weighted by atomic mass is 10.2. The minimum Gasteiger partial charge on any atom is -0.484 e. The molecule has 1 heterocycles. The third-order valence-corrected chi connectivity index (χ3v) is 5.27. The van der Waals surface area contributed by atoms with Gasteiger partial charge in [0.05, 0.1) is 19.9 Å². The van der Waals surface area contributed by atoms with Crippen LogP contribution in [0.4, 0.5) is 0 Å². The molecule has 0 atom stereocenters. The van der Waals surface area contributed by atoms with E-state index in [2.05, 4.69) is 15.9 Å². The highest BCUT2D eigenvalue weighted by molar-refractivity contribution is 9.10. The Bertz CT molecular complexity index is 672. The van der Waals surface area contributed by atoms with E-state index in [4.69, 9.17) is 51.1 Å². The molecule has 0 radical (unpaired) electrons. The van der Waals surface area contributed by atoms with E-state index >= 15 is 0 Å². The molecular weight excluding hydrogens is 430 g/mol. The standard InChI is InChI=1S/C12H5BrCl4O2S/c13-6-2-8(15)10(3-7(6)14)19-4-9(18)5-1-11(16)20-12(5)17/h1-3H,4H2. The lowest BCUT2D eigenvalue weighted by molar-refractivity contribution is 0.0922. The molecule has 106 valence electrons. The minimum absolute atomic E-state index is 0.204. The number of hydrogen-bond donors (Lipinski definition) is 0. The number of benzene rings is 1. The van der Waals surface area contributed by atoms with Crippen LogP contribution in [0.1, 0.15) is 10.4 Å². The molecule has 0 N–H and O–H groups in total. The quantitative estimate of drug-likeness (QED) is 0.412. The topological polar surface area (TPSA) is 26.3 Å². The van der Waals surface area contributed by atoms with Crippen molar-refractivity contribution in [2.24, 2.45) is 0 Å². The lowest BCUT2D eigenvalue weighted by Gasteiger charge is -2.08. The highest BCUT2D eigenvalue weighted by atomic mass is 79.9. The number of halogens is 5. The van der Waals surface area contributed by atoms with Crippen LogP contribution in [0.5, 0.6) is 5.75 Å². The van der Waals surface area contributed by atoms with Gasteiger partial charge in [-0.1, -0.05) is 46.4 Å². The molecule has 20 heavy (non-hydrogen) atoms. The van der Waals surface area contributed by atoms with Crippen LogP contribution in [0.25, 0.3) is 0 Å². The summed E-state index contributed by atoms with van der Waals surface area (Å²) in [5.41, 5.74) is 0.334. The molecule has 0 aliphatic carbocycles. The number of thiophene rings is 1. The summed E-state index contributed by atoms with van der Waals surface area (Å²) in [6.07, 6.45) is 0. The van der Waals surface area contributed by atoms with Gasteiger partial charge in [-0.05, 0) is 28.1 Å². The van der Waals surface area contributed by atoms with Crippen molar-refractivity contribution >= 4 is 79.5 Å². The first-order valence-corrected chi connectivity index (χ1v) is 8.26. The van der Waals surface area contributed by atoms with E-state index in [1.807, 2.05) is 0 Å². The first-order chi connectivity index (χ1) is 9.38. The summed E-state index contributed by atoms with van der Waals surface area (Å²) < 4.78 is 6.80. The summed E-state index contributed by atoms with van der Waals surface area (Å²) in [5.74, 6) is 0.0407. The molecule has 0 spiro atoms. The molecule has 0 aliphatic heterocycles. The average Bonchev–Trinajstić information content (AvgIpc) is 2.71. The van der Waals surface area contributed by atoms with Crippen molar-refractivity contribution in [2.75, 3.05) is 6.61 Å². The number of ether oxygens (including phenoxy) is 1. The zero-order valence-electron chi connectivity index (χ0n) is 9.55. The highest BCUT2D eigenvalue weighted by Crippen LogP contribution is 2.35. The predicted molar refractivity (Wildman–Crippen MR) is 88.3 cm³/mol. The number of hydrogen-bond acceptors (Lipinski definition) is 3. The predicted octanol–water partition coefficient (Wildman–Crippen LogP) is 6.39. The van der Waals surface area contributed by atoms with Crippen LogP contribution in [-0.2, 0) is 0 Å². The van der Waals surface area contributed by atoms with E-state index in [9.17, 15) is 4.79 Å². The second kappa shape index (κ2) is 6.86. The Balaban J connectivity index is 2.11. The van der Waals surface area contributed by atoms with Crippen molar-refractivity contribution in [2.45, 2.75) is 0 Å². The smallest absolute Gasteiger partial charge is 0.202 e. The summed E-state index contributed by atoms with van der Waals surface area (Å²) in [4.78, 5) is 12.0. The van der Waals surface area contributed by atoms with Crippen molar-refractivity contribution in [1.82, 2.24) is 0 Å². The Kier molecular flexibility index (Phi) is 5.63. The molecule has 0 bridgehead atoms. The largest absolute Gasteiger partial charge is 0.484 e. The van der Waals surface area contributed by atoms with E-state index in [0.717, 1.165) is 11.3 Å². The van der Waals surface area contributed by atoms with Crippen LogP contribution in [0.2, 0.25) is 18.7 Å². The van der Waals surface area contributed by atoms with Gasteiger partial charge in [-0.3, -0.25) is 4.79 Å². The summed E-state index contributed by atoms with van der Waals surface area (Å²) in [7, 11) is 0. The van der Waals surface area contributed by atoms with E-state index in [1.54, 1.807) is 6.07 Å². The van der Waals surface area contributed by atoms with Crippen molar-refractivity contribution in [1.29, 1.82) is 0 Å². The zero-order valence-corrected chi connectivity index (χ0v) is 15.0. The Labute approximate surface area is 147 Å².